The van der Waals surface area contributed by atoms with Crippen LogP contribution in [0.1, 0.15) is 19.8 Å². The molecule has 0 aromatic heterocycles. The van der Waals surface area contributed by atoms with Gasteiger partial charge in [-0.3, -0.25) is 4.79 Å². The van der Waals surface area contributed by atoms with Gasteiger partial charge in [0.2, 0.25) is 0 Å². The van der Waals surface area contributed by atoms with E-state index in [9.17, 15) is 4.79 Å². The number of esters is 1. The first-order valence-corrected chi connectivity index (χ1v) is 4.49. The first-order valence-electron chi connectivity index (χ1n) is 4.49. The zero-order valence-corrected chi connectivity index (χ0v) is 7.79. The molecule has 1 saturated heterocycles. The number of terminal acetylenes is 1. The predicted molar refractivity (Wildman–Crippen MR) is 47.9 cm³/mol. The Morgan fingerprint density at radius 1 is 1.77 bits per heavy atom. The second kappa shape index (κ2) is 4.88. The quantitative estimate of drug-likeness (QED) is 0.369. The molecule has 0 aliphatic carbocycles. The van der Waals surface area contributed by atoms with Crippen molar-refractivity contribution < 1.29 is 14.3 Å². The summed E-state index contributed by atoms with van der Waals surface area (Å²) >= 11 is 0. The average molecular weight is 182 g/mol. The third-order valence-corrected chi connectivity index (χ3v) is 2.15. The highest BCUT2D eigenvalue weighted by Crippen LogP contribution is 2.23. The monoisotopic (exact) mass is 182 g/mol. The number of hydrogen-bond donors (Lipinski definition) is 0. The molecule has 2 unspecified atom stereocenters. The fourth-order valence-corrected chi connectivity index (χ4v) is 1.41. The van der Waals surface area contributed by atoms with E-state index in [4.69, 9.17) is 15.9 Å². The van der Waals surface area contributed by atoms with Crippen molar-refractivity contribution in [3.63, 3.8) is 0 Å². The number of ether oxygens (including phenoxy) is 2. The number of rotatable bonds is 4. The first kappa shape index (κ1) is 10.1. The van der Waals surface area contributed by atoms with Crippen LogP contribution in [0.15, 0.2) is 0 Å². The van der Waals surface area contributed by atoms with Gasteiger partial charge in [0.05, 0.1) is 12.5 Å². The van der Waals surface area contributed by atoms with Crippen LogP contribution < -0.4 is 0 Å². The smallest absolute Gasteiger partial charge is 0.309 e. The van der Waals surface area contributed by atoms with Gasteiger partial charge in [0.15, 0.2) is 0 Å². The van der Waals surface area contributed by atoms with Gasteiger partial charge in [-0.1, -0.05) is 12.8 Å². The van der Waals surface area contributed by atoms with E-state index in [1.807, 2.05) is 6.92 Å². The normalized spacial score (nSPS) is 26.9. The van der Waals surface area contributed by atoms with E-state index in [2.05, 4.69) is 5.92 Å². The summed E-state index contributed by atoms with van der Waals surface area (Å²) < 4.78 is 10.2. The molecule has 3 heteroatoms. The molecular weight excluding hydrogens is 168 g/mol. The lowest BCUT2D eigenvalue weighted by atomic mass is 10.0. The molecule has 1 aliphatic rings. The topological polar surface area (TPSA) is 35.5 Å². The number of hydrogen-bond acceptors (Lipinski definition) is 3. The van der Waals surface area contributed by atoms with Crippen LogP contribution in [-0.4, -0.2) is 25.3 Å². The second-order valence-electron chi connectivity index (χ2n) is 3.12. The molecule has 0 amide bonds. The van der Waals surface area contributed by atoms with Crippen molar-refractivity contribution in [2.45, 2.75) is 25.9 Å². The van der Waals surface area contributed by atoms with Gasteiger partial charge in [0.25, 0.3) is 0 Å². The molecule has 0 aromatic rings. The van der Waals surface area contributed by atoms with Crippen molar-refractivity contribution >= 4 is 5.97 Å². The lowest BCUT2D eigenvalue weighted by Gasteiger charge is -2.07. The highest BCUT2D eigenvalue weighted by Gasteiger charge is 2.32. The highest BCUT2D eigenvalue weighted by molar-refractivity contribution is 5.74. The molecule has 1 rings (SSSR count). The molecule has 1 aliphatic heterocycles. The van der Waals surface area contributed by atoms with Crippen LogP contribution in [0.2, 0.25) is 0 Å². The van der Waals surface area contributed by atoms with Crippen molar-refractivity contribution in [2.75, 3.05) is 13.2 Å². The van der Waals surface area contributed by atoms with Gasteiger partial charge in [0.1, 0.15) is 12.7 Å². The molecule has 0 aromatic carbocycles. The Hall–Kier alpha value is -1.01. The second-order valence-corrected chi connectivity index (χ2v) is 3.12. The Labute approximate surface area is 78.4 Å². The van der Waals surface area contributed by atoms with Crippen LogP contribution in [-0.2, 0) is 14.3 Å². The molecular formula is C10H14O3. The average Bonchev–Trinajstić information content (AvgIpc) is 2.47. The molecule has 0 bridgehead atoms. The summed E-state index contributed by atoms with van der Waals surface area (Å²) in [6.45, 7) is 2.69. The van der Waals surface area contributed by atoms with Gasteiger partial charge < -0.3 is 9.47 Å². The van der Waals surface area contributed by atoms with E-state index in [0.717, 1.165) is 12.8 Å². The Morgan fingerprint density at radius 3 is 3.08 bits per heavy atom. The lowest BCUT2D eigenvalue weighted by molar-refractivity contribution is -0.146. The summed E-state index contributed by atoms with van der Waals surface area (Å²) in [5.74, 6) is 2.32. The van der Waals surface area contributed by atoms with Crippen LogP contribution in [0, 0.1) is 18.3 Å². The van der Waals surface area contributed by atoms with Gasteiger partial charge in [-0.05, 0) is 12.8 Å². The minimum atomic E-state index is -0.100. The molecule has 3 nitrogen and oxygen atoms in total. The van der Waals surface area contributed by atoms with Crippen molar-refractivity contribution in [3.8, 4) is 12.3 Å². The van der Waals surface area contributed by atoms with E-state index >= 15 is 0 Å². The Kier molecular flexibility index (Phi) is 3.78. The van der Waals surface area contributed by atoms with E-state index < -0.39 is 0 Å². The molecule has 1 heterocycles. The third-order valence-electron chi connectivity index (χ3n) is 2.15. The summed E-state index contributed by atoms with van der Waals surface area (Å²) in [4.78, 5) is 11.1. The standard InChI is InChI=1S/C10H14O3/c1-3-5-12-7-9-6-8(4-2)10(11)13-9/h1,8-9H,4-7H2,2H3. The summed E-state index contributed by atoms with van der Waals surface area (Å²) in [5.41, 5.74) is 0. The van der Waals surface area contributed by atoms with Gasteiger partial charge >= 0.3 is 5.97 Å². The Morgan fingerprint density at radius 2 is 2.54 bits per heavy atom. The maximum Gasteiger partial charge on any atom is 0.309 e. The van der Waals surface area contributed by atoms with E-state index in [0.29, 0.717) is 6.61 Å². The summed E-state index contributed by atoms with van der Waals surface area (Å²) in [7, 11) is 0. The molecule has 0 N–H and O–H groups in total. The van der Waals surface area contributed by atoms with Crippen LogP contribution >= 0.6 is 0 Å². The molecule has 72 valence electrons. The molecule has 0 saturated carbocycles. The molecule has 1 fully saturated rings. The number of cyclic esters (lactones) is 1. The molecule has 2 atom stereocenters. The van der Waals surface area contributed by atoms with E-state index in [-0.39, 0.29) is 24.6 Å². The fraction of sp³-hybridized carbons (Fsp3) is 0.700. The van der Waals surface area contributed by atoms with Crippen molar-refractivity contribution in [1.29, 1.82) is 0 Å². The summed E-state index contributed by atoms with van der Waals surface area (Å²) in [6.07, 6.45) is 6.52. The maximum absolute atomic E-state index is 11.1. The Balaban J connectivity index is 2.24. The minimum absolute atomic E-state index is 0.0550. The third kappa shape index (κ3) is 2.74. The van der Waals surface area contributed by atoms with Crippen LogP contribution in [0.25, 0.3) is 0 Å². The highest BCUT2D eigenvalue weighted by atomic mass is 16.6. The number of carbonyl (C=O) groups is 1. The lowest BCUT2D eigenvalue weighted by Crippen LogP contribution is -2.15. The zero-order valence-electron chi connectivity index (χ0n) is 7.79. The van der Waals surface area contributed by atoms with E-state index in [1.54, 1.807) is 0 Å². The van der Waals surface area contributed by atoms with E-state index in [1.165, 1.54) is 0 Å². The SMILES string of the molecule is C#CCOCC1CC(CC)C(=O)O1. The van der Waals surface area contributed by atoms with Crippen LogP contribution in [0.3, 0.4) is 0 Å². The minimum Gasteiger partial charge on any atom is -0.460 e. The largest absolute Gasteiger partial charge is 0.460 e. The van der Waals surface area contributed by atoms with Gasteiger partial charge in [0, 0.05) is 0 Å². The van der Waals surface area contributed by atoms with Crippen molar-refractivity contribution in [2.24, 2.45) is 5.92 Å². The van der Waals surface area contributed by atoms with Gasteiger partial charge in [-0.2, -0.15) is 0 Å². The molecule has 13 heavy (non-hydrogen) atoms. The Bertz CT molecular complexity index is 217. The number of carbonyl (C=O) groups excluding carboxylic acids is 1. The van der Waals surface area contributed by atoms with Gasteiger partial charge in [-0.15, -0.1) is 6.42 Å². The van der Waals surface area contributed by atoms with Crippen molar-refractivity contribution in [3.05, 3.63) is 0 Å². The van der Waals surface area contributed by atoms with Crippen LogP contribution in [0.5, 0.6) is 0 Å². The maximum atomic E-state index is 11.1. The molecule has 0 spiro atoms. The van der Waals surface area contributed by atoms with Gasteiger partial charge in [-0.25, -0.2) is 0 Å². The predicted octanol–water partition coefficient (Wildman–Crippen LogP) is 0.978. The van der Waals surface area contributed by atoms with Crippen molar-refractivity contribution in [1.82, 2.24) is 0 Å². The zero-order chi connectivity index (χ0) is 9.68. The first-order chi connectivity index (χ1) is 6.27. The van der Waals surface area contributed by atoms with Crippen LogP contribution in [0.4, 0.5) is 0 Å². The summed E-state index contributed by atoms with van der Waals surface area (Å²) in [6, 6.07) is 0. The molecule has 0 radical (unpaired) electrons. The summed E-state index contributed by atoms with van der Waals surface area (Å²) in [5, 5.41) is 0. The fourth-order valence-electron chi connectivity index (χ4n) is 1.41.